The standard InChI is InChI=1S/C22H32ClN5O2.HI/c1-4-24-22(25-10-9-21-17(2)26-30-18(21)3)28-13-11-27(12-14-28)15-16-29-20-7-5-19(23)6-8-20;/h5-8H,4,9-16H2,1-3H3,(H,24,25);1H. The first-order valence-corrected chi connectivity index (χ1v) is 11.0. The fraction of sp³-hybridized carbons (Fsp3) is 0.545. The highest BCUT2D eigenvalue weighted by Gasteiger charge is 2.19. The van der Waals surface area contributed by atoms with Crippen molar-refractivity contribution >= 4 is 41.5 Å². The van der Waals surface area contributed by atoms with Crippen LogP contribution >= 0.6 is 35.6 Å². The Balaban J connectivity index is 0.00000341. The van der Waals surface area contributed by atoms with Crippen LogP contribution in [0.3, 0.4) is 0 Å². The van der Waals surface area contributed by atoms with Crippen molar-refractivity contribution in [2.24, 2.45) is 4.99 Å². The zero-order chi connectivity index (χ0) is 21.3. The van der Waals surface area contributed by atoms with E-state index in [1.807, 2.05) is 38.1 Å². The molecule has 1 aliphatic heterocycles. The molecule has 1 fully saturated rings. The lowest BCUT2D eigenvalue weighted by atomic mass is 10.1. The summed E-state index contributed by atoms with van der Waals surface area (Å²) in [5, 5.41) is 8.18. The van der Waals surface area contributed by atoms with E-state index < -0.39 is 0 Å². The molecule has 1 aromatic heterocycles. The smallest absolute Gasteiger partial charge is 0.194 e. The van der Waals surface area contributed by atoms with Gasteiger partial charge in [0, 0.05) is 56.4 Å². The van der Waals surface area contributed by atoms with E-state index in [1.165, 1.54) is 5.56 Å². The summed E-state index contributed by atoms with van der Waals surface area (Å²) in [6.07, 6.45) is 0.845. The van der Waals surface area contributed by atoms with Gasteiger partial charge in [0.15, 0.2) is 5.96 Å². The molecule has 0 unspecified atom stereocenters. The molecule has 0 aliphatic carbocycles. The summed E-state index contributed by atoms with van der Waals surface area (Å²) in [6, 6.07) is 7.51. The van der Waals surface area contributed by atoms with Crippen LogP contribution in [-0.4, -0.2) is 73.3 Å². The molecule has 31 heavy (non-hydrogen) atoms. The van der Waals surface area contributed by atoms with Crippen molar-refractivity contribution in [2.45, 2.75) is 27.2 Å². The molecule has 7 nitrogen and oxygen atoms in total. The predicted octanol–water partition coefficient (Wildman–Crippen LogP) is 3.77. The largest absolute Gasteiger partial charge is 0.492 e. The van der Waals surface area contributed by atoms with E-state index in [4.69, 9.17) is 25.9 Å². The molecule has 0 bridgehead atoms. The second-order valence-corrected chi connectivity index (χ2v) is 7.86. The lowest BCUT2D eigenvalue weighted by molar-refractivity contribution is 0.152. The monoisotopic (exact) mass is 561 g/mol. The lowest BCUT2D eigenvalue weighted by Crippen LogP contribution is -2.53. The Bertz CT molecular complexity index is 800. The van der Waals surface area contributed by atoms with Crippen LogP contribution in [0.25, 0.3) is 0 Å². The number of nitrogens with zero attached hydrogens (tertiary/aromatic N) is 4. The molecule has 1 saturated heterocycles. The zero-order valence-corrected chi connectivity index (χ0v) is 21.7. The number of halogens is 2. The summed E-state index contributed by atoms with van der Waals surface area (Å²) in [5.74, 6) is 2.74. The number of aliphatic imine (C=N–C) groups is 1. The van der Waals surface area contributed by atoms with Crippen LogP contribution in [0, 0.1) is 13.8 Å². The minimum atomic E-state index is 0. The van der Waals surface area contributed by atoms with E-state index in [-0.39, 0.29) is 24.0 Å². The molecule has 0 saturated carbocycles. The maximum Gasteiger partial charge on any atom is 0.194 e. The van der Waals surface area contributed by atoms with Crippen molar-refractivity contribution in [1.82, 2.24) is 20.3 Å². The van der Waals surface area contributed by atoms with E-state index in [0.29, 0.717) is 6.61 Å². The van der Waals surface area contributed by atoms with Crippen molar-refractivity contribution in [3.8, 4) is 5.75 Å². The third-order valence-electron chi connectivity index (χ3n) is 5.30. The van der Waals surface area contributed by atoms with Crippen LogP contribution in [0.4, 0.5) is 0 Å². The number of piperazine rings is 1. The Hall–Kier alpha value is -1.52. The second-order valence-electron chi connectivity index (χ2n) is 7.42. The van der Waals surface area contributed by atoms with Crippen LogP contribution in [0.2, 0.25) is 5.02 Å². The minimum absolute atomic E-state index is 0. The number of hydrogen-bond acceptors (Lipinski definition) is 5. The predicted molar refractivity (Wildman–Crippen MR) is 136 cm³/mol. The first kappa shape index (κ1) is 25.7. The van der Waals surface area contributed by atoms with Gasteiger partial charge in [0.05, 0.1) is 5.69 Å². The fourth-order valence-electron chi connectivity index (χ4n) is 3.56. The number of hydrogen-bond donors (Lipinski definition) is 1. The van der Waals surface area contributed by atoms with E-state index in [1.54, 1.807) is 0 Å². The maximum atomic E-state index is 5.91. The van der Waals surface area contributed by atoms with Crippen molar-refractivity contribution in [1.29, 1.82) is 0 Å². The Morgan fingerprint density at radius 3 is 2.52 bits per heavy atom. The van der Waals surface area contributed by atoms with Crippen LogP contribution in [-0.2, 0) is 6.42 Å². The van der Waals surface area contributed by atoms with Crippen LogP contribution in [0.5, 0.6) is 5.75 Å². The molecule has 0 spiro atoms. The first-order chi connectivity index (χ1) is 14.6. The molecular weight excluding hydrogens is 529 g/mol. The molecule has 3 rings (SSSR count). The van der Waals surface area contributed by atoms with Gasteiger partial charge in [0.25, 0.3) is 0 Å². The number of aromatic nitrogens is 1. The highest BCUT2D eigenvalue weighted by atomic mass is 127. The second kappa shape index (κ2) is 13.1. The molecule has 1 aromatic carbocycles. The van der Waals surface area contributed by atoms with Crippen molar-refractivity contribution < 1.29 is 9.26 Å². The summed E-state index contributed by atoms with van der Waals surface area (Å²) in [4.78, 5) is 9.61. The van der Waals surface area contributed by atoms with Gasteiger partial charge in [-0.3, -0.25) is 9.89 Å². The number of benzene rings is 1. The van der Waals surface area contributed by atoms with Gasteiger partial charge in [-0.15, -0.1) is 24.0 Å². The summed E-state index contributed by atoms with van der Waals surface area (Å²) in [6.45, 7) is 13.1. The Morgan fingerprint density at radius 1 is 1.19 bits per heavy atom. The summed E-state index contributed by atoms with van der Waals surface area (Å²) in [5.41, 5.74) is 2.13. The average molecular weight is 562 g/mol. The van der Waals surface area contributed by atoms with Gasteiger partial charge in [-0.25, -0.2) is 0 Å². The maximum absolute atomic E-state index is 5.91. The van der Waals surface area contributed by atoms with E-state index in [0.717, 1.165) is 80.4 Å². The molecule has 0 atom stereocenters. The van der Waals surface area contributed by atoms with Crippen LogP contribution < -0.4 is 10.1 Å². The van der Waals surface area contributed by atoms with Gasteiger partial charge in [-0.2, -0.15) is 0 Å². The summed E-state index contributed by atoms with van der Waals surface area (Å²) in [7, 11) is 0. The van der Waals surface area contributed by atoms with Gasteiger partial charge in [0.1, 0.15) is 18.1 Å². The average Bonchev–Trinajstić information content (AvgIpc) is 3.07. The van der Waals surface area contributed by atoms with Gasteiger partial charge < -0.3 is 19.5 Å². The highest BCUT2D eigenvalue weighted by molar-refractivity contribution is 14.0. The fourth-order valence-corrected chi connectivity index (χ4v) is 3.69. The van der Waals surface area contributed by atoms with Crippen LogP contribution in [0.1, 0.15) is 23.9 Å². The number of ether oxygens (including phenoxy) is 1. The van der Waals surface area contributed by atoms with Crippen molar-refractivity contribution in [2.75, 3.05) is 52.4 Å². The van der Waals surface area contributed by atoms with Crippen molar-refractivity contribution in [3.63, 3.8) is 0 Å². The number of guanidine groups is 1. The third-order valence-corrected chi connectivity index (χ3v) is 5.55. The molecule has 0 radical (unpaired) electrons. The molecule has 0 amide bonds. The van der Waals surface area contributed by atoms with Gasteiger partial charge in [-0.05, 0) is 51.5 Å². The molecule has 1 aliphatic rings. The van der Waals surface area contributed by atoms with E-state index >= 15 is 0 Å². The normalized spacial score (nSPS) is 15.0. The SMILES string of the molecule is CCNC(=NCCc1c(C)noc1C)N1CCN(CCOc2ccc(Cl)cc2)CC1.I. The summed E-state index contributed by atoms with van der Waals surface area (Å²) >= 11 is 5.91. The van der Waals surface area contributed by atoms with Crippen LogP contribution in [0.15, 0.2) is 33.8 Å². The van der Waals surface area contributed by atoms with E-state index in [2.05, 4.69) is 27.2 Å². The Labute approximate surface area is 207 Å². The quantitative estimate of drug-likeness (QED) is 0.301. The Kier molecular flexibility index (Phi) is 10.9. The molecule has 2 heterocycles. The number of rotatable bonds is 8. The molecule has 9 heteroatoms. The molecule has 172 valence electrons. The Morgan fingerprint density at radius 2 is 1.90 bits per heavy atom. The number of aryl methyl sites for hydroxylation is 2. The first-order valence-electron chi connectivity index (χ1n) is 10.6. The minimum Gasteiger partial charge on any atom is -0.492 e. The van der Waals surface area contributed by atoms with Gasteiger partial charge in [-0.1, -0.05) is 16.8 Å². The lowest BCUT2D eigenvalue weighted by Gasteiger charge is -2.36. The van der Waals surface area contributed by atoms with Gasteiger partial charge in [0.2, 0.25) is 0 Å². The molecule has 1 N–H and O–H groups in total. The number of nitrogens with one attached hydrogen (secondary N) is 1. The zero-order valence-electron chi connectivity index (χ0n) is 18.6. The van der Waals surface area contributed by atoms with Gasteiger partial charge >= 0.3 is 0 Å². The molecular formula is C22H33ClIN5O2. The summed E-state index contributed by atoms with van der Waals surface area (Å²) < 4.78 is 11.1. The van der Waals surface area contributed by atoms with E-state index in [9.17, 15) is 0 Å². The molecule has 2 aromatic rings. The topological polar surface area (TPSA) is 66.1 Å². The highest BCUT2D eigenvalue weighted by Crippen LogP contribution is 2.16. The third kappa shape index (κ3) is 7.84. The van der Waals surface area contributed by atoms with Crippen molar-refractivity contribution in [3.05, 3.63) is 46.3 Å².